The first-order valence-electron chi connectivity index (χ1n) is 6.91. The molecule has 0 bridgehead atoms. The van der Waals surface area contributed by atoms with Gasteiger partial charge in [-0.15, -0.1) is 0 Å². The lowest BCUT2D eigenvalue weighted by molar-refractivity contribution is -0.125. The van der Waals surface area contributed by atoms with E-state index in [4.69, 9.17) is 0 Å². The smallest absolute Gasteiger partial charge is 0.181 e. The van der Waals surface area contributed by atoms with Crippen LogP contribution in [0.15, 0.2) is 24.3 Å². The summed E-state index contributed by atoms with van der Waals surface area (Å²) >= 11 is 0. The van der Waals surface area contributed by atoms with E-state index >= 15 is 0 Å². The molecule has 3 heteroatoms. The van der Waals surface area contributed by atoms with Gasteiger partial charge >= 0.3 is 0 Å². The highest BCUT2D eigenvalue weighted by Gasteiger charge is 2.45. The summed E-state index contributed by atoms with van der Waals surface area (Å²) in [5.74, 6) is -1.89. The third-order valence-corrected chi connectivity index (χ3v) is 4.27. The van der Waals surface area contributed by atoms with Gasteiger partial charge in [-0.05, 0) is 12.8 Å². The first kappa shape index (κ1) is 12.3. The zero-order chi connectivity index (χ0) is 13.4. The van der Waals surface area contributed by atoms with Crippen LogP contribution < -0.4 is 0 Å². The van der Waals surface area contributed by atoms with E-state index in [-0.39, 0.29) is 23.3 Å². The summed E-state index contributed by atoms with van der Waals surface area (Å²) in [7, 11) is 0. The molecule has 0 saturated heterocycles. The highest BCUT2D eigenvalue weighted by atomic mass is 16.2. The Morgan fingerprint density at radius 2 is 1.42 bits per heavy atom. The molecule has 98 valence electrons. The average Bonchev–Trinajstić information content (AvgIpc) is 2.72. The third-order valence-electron chi connectivity index (χ3n) is 4.27. The van der Waals surface area contributed by atoms with Crippen LogP contribution in [0.4, 0.5) is 0 Å². The van der Waals surface area contributed by atoms with Crippen LogP contribution in [-0.2, 0) is 4.79 Å². The lowest BCUT2D eigenvalue weighted by Crippen LogP contribution is -2.32. The minimum atomic E-state index is -1.06. The lowest BCUT2D eigenvalue weighted by Gasteiger charge is -2.22. The molecule has 1 saturated carbocycles. The zero-order valence-electron chi connectivity index (χ0n) is 10.7. The van der Waals surface area contributed by atoms with Gasteiger partial charge in [0.05, 0.1) is 0 Å². The highest BCUT2D eigenvalue weighted by molar-refractivity contribution is 6.35. The molecule has 0 amide bonds. The minimum absolute atomic E-state index is 0.0963. The summed E-state index contributed by atoms with van der Waals surface area (Å²) in [6.07, 6.45) is 4.85. The SMILES string of the molecule is O=C1c2ccccc2C(=O)C1C(=O)C1CCCCC1. The van der Waals surface area contributed by atoms with Crippen molar-refractivity contribution in [2.75, 3.05) is 0 Å². The summed E-state index contributed by atoms with van der Waals surface area (Å²) in [4.78, 5) is 36.9. The monoisotopic (exact) mass is 256 g/mol. The second-order valence-corrected chi connectivity index (χ2v) is 5.44. The number of fused-ring (bicyclic) bond motifs is 1. The molecule has 1 aromatic rings. The summed E-state index contributed by atoms with van der Waals surface area (Å²) in [6, 6.07) is 6.75. The van der Waals surface area contributed by atoms with E-state index in [1.165, 1.54) is 0 Å². The van der Waals surface area contributed by atoms with Crippen molar-refractivity contribution in [3.05, 3.63) is 35.4 Å². The van der Waals surface area contributed by atoms with E-state index in [1.54, 1.807) is 24.3 Å². The number of carbonyl (C=O) groups excluding carboxylic acids is 3. The molecule has 0 aromatic heterocycles. The number of Topliss-reactive ketones (excluding diaryl/α,β-unsaturated/α-hetero) is 3. The van der Waals surface area contributed by atoms with Gasteiger partial charge in [-0.2, -0.15) is 0 Å². The first-order valence-corrected chi connectivity index (χ1v) is 6.91. The topological polar surface area (TPSA) is 51.2 Å². The van der Waals surface area contributed by atoms with Crippen LogP contribution in [-0.4, -0.2) is 17.3 Å². The molecular weight excluding hydrogens is 240 g/mol. The maximum atomic E-state index is 12.4. The third kappa shape index (κ3) is 1.93. The Labute approximate surface area is 112 Å². The zero-order valence-corrected chi connectivity index (χ0v) is 10.7. The van der Waals surface area contributed by atoms with Crippen LogP contribution >= 0.6 is 0 Å². The normalized spacial score (nSPS) is 20.6. The van der Waals surface area contributed by atoms with Crippen LogP contribution in [0.3, 0.4) is 0 Å². The predicted octanol–water partition coefficient (Wildman–Crippen LogP) is 2.83. The van der Waals surface area contributed by atoms with Crippen molar-refractivity contribution >= 4 is 17.3 Å². The van der Waals surface area contributed by atoms with Crippen LogP contribution in [0.5, 0.6) is 0 Å². The Balaban J connectivity index is 1.89. The molecule has 0 radical (unpaired) electrons. The number of hydrogen-bond donors (Lipinski definition) is 0. The Morgan fingerprint density at radius 1 is 0.895 bits per heavy atom. The van der Waals surface area contributed by atoms with E-state index in [2.05, 4.69) is 0 Å². The standard InChI is InChI=1S/C16H16O3/c17-14(10-6-2-1-3-7-10)13-15(18)11-8-4-5-9-12(11)16(13)19/h4-5,8-10,13H,1-3,6-7H2. The van der Waals surface area contributed by atoms with Crippen LogP contribution in [0.1, 0.15) is 52.8 Å². The molecule has 0 spiro atoms. The van der Waals surface area contributed by atoms with Crippen molar-refractivity contribution in [3.8, 4) is 0 Å². The van der Waals surface area contributed by atoms with Gasteiger partial charge in [0.25, 0.3) is 0 Å². The molecule has 0 heterocycles. The fourth-order valence-electron chi connectivity index (χ4n) is 3.22. The second-order valence-electron chi connectivity index (χ2n) is 5.44. The van der Waals surface area contributed by atoms with Crippen molar-refractivity contribution < 1.29 is 14.4 Å². The van der Waals surface area contributed by atoms with E-state index in [1.807, 2.05) is 0 Å². The van der Waals surface area contributed by atoms with E-state index < -0.39 is 5.92 Å². The van der Waals surface area contributed by atoms with Crippen molar-refractivity contribution in [2.45, 2.75) is 32.1 Å². The Bertz CT molecular complexity index is 518. The number of carbonyl (C=O) groups is 3. The number of benzene rings is 1. The molecule has 19 heavy (non-hydrogen) atoms. The van der Waals surface area contributed by atoms with Gasteiger partial charge in [-0.3, -0.25) is 14.4 Å². The van der Waals surface area contributed by atoms with Crippen molar-refractivity contribution in [1.82, 2.24) is 0 Å². The van der Waals surface area contributed by atoms with Crippen molar-refractivity contribution in [2.24, 2.45) is 11.8 Å². The van der Waals surface area contributed by atoms with Gasteiger partial charge in [0.2, 0.25) is 0 Å². The molecule has 1 aromatic carbocycles. The molecule has 0 atom stereocenters. The molecule has 1 fully saturated rings. The van der Waals surface area contributed by atoms with E-state index in [0.29, 0.717) is 11.1 Å². The molecule has 0 unspecified atom stereocenters. The van der Waals surface area contributed by atoms with Crippen molar-refractivity contribution in [3.63, 3.8) is 0 Å². The molecule has 3 nitrogen and oxygen atoms in total. The number of rotatable bonds is 2. The first-order chi connectivity index (χ1) is 9.20. The van der Waals surface area contributed by atoms with Gasteiger partial charge < -0.3 is 0 Å². The largest absolute Gasteiger partial charge is 0.298 e. The average molecular weight is 256 g/mol. The van der Waals surface area contributed by atoms with Crippen molar-refractivity contribution in [1.29, 1.82) is 0 Å². The minimum Gasteiger partial charge on any atom is -0.298 e. The maximum absolute atomic E-state index is 12.4. The summed E-state index contributed by atoms with van der Waals surface area (Å²) in [5, 5.41) is 0. The van der Waals surface area contributed by atoms with Crippen LogP contribution in [0, 0.1) is 11.8 Å². The maximum Gasteiger partial charge on any atom is 0.181 e. The molecule has 0 aliphatic heterocycles. The Morgan fingerprint density at radius 3 is 1.95 bits per heavy atom. The van der Waals surface area contributed by atoms with Crippen LogP contribution in [0.2, 0.25) is 0 Å². The van der Waals surface area contributed by atoms with Gasteiger partial charge in [-0.1, -0.05) is 43.5 Å². The quantitative estimate of drug-likeness (QED) is 0.764. The van der Waals surface area contributed by atoms with Gasteiger partial charge in [0, 0.05) is 17.0 Å². The Hall–Kier alpha value is -1.77. The van der Waals surface area contributed by atoms with Gasteiger partial charge in [-0.25, -0.2) is 0 Å². The highest BCUT2D eigenvalue weighted by Crippen LogP contribution is 2.33. The fraction of sp³-hybridized carbons (Fsp3) is 0.438. The van der Waals surface area contributed by atoms with Gasteiger partial charge in [0.1, 0.15) is 5.92 Å². The molecule has 0 N–H and O–H groups in total. The Kier molecular flexibility index (Phi) is 3.05. The van der Waals surface area contributed by atoms with Gasteiger partial charge in [0.15, 0.2) is 17.3 Å². The predicted molar refractivity (Wildman–Crippen MR) is 70.2 cm³/mol. The number of hydrogen-bond acceptors (Lipinski definition) is 3. The summed E-state index contributed by atoms with van der Waals surface area (Å²) in [5.41, 5.74) is 0.836. The molecular formula is C16H16O3. The van der Waals surface area contributed by atoms with E-state index in [9.17, 15) is 14.4 Å². The summed E-state index contributed by atoms with van der Waals surface area (Å²) in [6.45, 7) is 0. The van der Waals surface area contributed by atoms with Crippen LogP contribution in [0.25, 0.3) is 0 Å². The lowest BCUT2D eigenvalue weighted by atomic mass is 9.80. The molecule has 2 aliphatic carbocycles. The fourth-order valence-corrected chi connectivity index (χ4v) is 3.22. The summed E-state index contributed by atoms with van der Waals surface area (Å²) < 4.78 is 0. The second kappa shape index (κ2) is 4.72. The molecule has 2 aliphatic rings. The van der Waals surface area contributed by atoms with E-state index in [0.717, 1.165) is 32.1 Å². The molecule has 3 rings (SSSR count). The number of ketones is 3.